The van der Waals surface area contributed by atoms with Crippen molar-refractivity contribution in [3.63, 3.8) is 0 Å². The molecule has 148 valence electrons. The van der Waals surface area contributed by atoms with Crippen molar-refractivity contribution in [2.45, 2.75) is 37.3 Å². The van der Waals surface area contributed by atoms with Crippen LogP contribution in [-0.2, 0) is 14.8 Å². The van der Waals surface area contributed by atoms with Crippen molar-refractivity contribution < 1.29 is 17.9 Å². The zero-order chi connectivity index (χ0) is 20.1. The van der Waals surface area contributed by atoms with Crippen LogP contribution >= 0.6 is 0 Å². The average molecular weight is 401 g/mol. The Balaban J connectivity index is 1.69. The van der Waals surface area contributed by atoms with Crippen molar-refractivity contribution in [1.82, 2.24) is 0 Å². The molecule has 0 aromatic heterocycles. The maximum absolute atomic E-state index is 12.2. The molecule has 1 fully saturated rings. The number of anilines is 1. The fourth-order valence-electron chi connectivity index (χ4n) is 4.15. The number of sulfonamides is 1. The van der Waals surface area contributed by atoms with Crippen LogP contribution in [0.4, 0.5) is 5.69 Å². The topological polar surface area (TPSA) is 98.5 Å². The van der Waals surface area contributed by atoms with Crippen LogP contribution < -0.4 is 10.5 Å². The standard InChI is InChI=1S/C21H24N2O4S/c1-12(2)20(24)14-5-3-13(4-6-14)19-16-9-10-27-21(16)17-11-15(28(22,25)26)7-8-18(17)23-19/h3-8,11-12,16,19,21,23H,9-10H2,1-2H3,(H2,22,25,26). The third-order valence-electron chi connectivity index (χ3n) is 5.61. The average Bonchev–Trinajstić information content (AvgIpc) is 3.16. The molecule has 3 atom stereocenters. The summed E-state index contributed by atoms with van der Waals surface area (Å²) in [7, 11) is -3.77. The van der Waals surface area contributed by atoms with Crippen molar-refractivity contribution in [3.8, 4) is 0 Å². The highest BCUT2D eigenvalue weighted by molar-refractivity contribution is 7.89. The zero-order valence-electron chi connectivity index (χ0n) is 15.9. The number of nitrogens with one attached hydrogen (secondary N) is 1. The van der Waals surface area contributed by atoms with Gasteiger partial charge in [-0.1, -0.05) is 38.1 Å². The minimum absolute atomic E-state index is 0.0311. The van der Waals surface area contributed by atoms with Crippen molar-refractivity contribution in [3.05, 3.63) is 59.2 Å². The van der Waals surface area contributed by atoms with Gasteiger partial charge in [0, 0.05) is 35.3 Å². The molecule has 0 saturated carbocycles. The molecule has 2 aliphatic heterocycles. The molecule has 1 saturated heterocycles. The SMILES string of the molecule is CC(C)C(=O)c1ccc(C2Nc3ccc(S(N)(=O)=O)cc3C3OCCC23)cc1. The Morgan fingerprint density at radius 3 is 2.54 bits per heavy atom. The molecule has 7 heteroatoms. The number of primary sulfonamides is 1. The second-order valence-electron chi connectivity index (χ2n) is 7.80. The van der Waals surface area contributed by atoms with E-state index in [1.54, 1.807) is 12.1 Å². The summed E-state index contributed by atoms with van der Waals surface area (Å²) in [5.41, 5.74) is 3.48. The first-order valence-corrected chi connectivity index (χ1v) is 11.0. The molecule has 0 spiro atoms. The number of fused-ring (bicyclic) bond motifs is 3. The van der Waals surface area contributed by atoms with E-state index in [0.29, 0.717) is 12.2 Å². The van der Waals surface area contributed by atoms with E-state index in [9.17, 15) is 13.2 Å². The molecule has 2 aliphatic rings. The summed E-state index contributed by atoms with van der Waals surface area (Å²) in [6.07, 6.45) is 0.688. The van der Waals surface area contributed by atoms with Crippen LogP contribution in [-0.4, -0.2) is 20.8 Å². The van der Waals surface area contributed by atoms with Gasteiger partial charge in [-0.15, -0.1) is 0 Å². The van der Waals surface area contributed by atoms with E-state index >= 15 is 0 Å². The summed E-state index contributed by atoms with van der Waals surface area (Å²) in [5, 5.41) is 8.82. The number of ether oxygens (including phenoxy) is 1. The molecule has 4 rings (SSSR count). The van der Waals surface area contributed by atoms with E-state index in [1.807, 2.05) is 38.1 Å². The molecule has 0 bridgehead atoms. The van der Waals surface area contributed by atoms with Gasteiger partial charge in [-0.05, 0) is 30.2 Å². The van der Waals surface area contributed by atoms with Gasteiger partial charge in [0.2, 0.25) is 10.0 Å². The van der Waals surface area contributed by atoms with Crippen molar-refractivity contribution in [1.29, 1.82) is 0 Å². The van der Waals surface area contributed by atoms with Gasteiger partial charge >= 0.3 is 0 Å². The fourth-order valence-corrected chi connectivity index (χ4v) is 4.69. The molecule has 0 aliphatic carbocycles. The van der Waals surface area contributed by atoms with Crippen LogP contribution in [0.2, 0.25) is 0 Å². The Morgan fingerprint density at radius 1 is 1.18 bits per heavy atom. The highest BCUT2D eigenvalue weighted by Gasteiger charge is 2.41. The number of rotatable bonds is 4. The summed E-state index contributed by atoms with van der Waals surface area (Å²) >= 11 is 0. The highest BCUT2D eigenvalue weighted by Crippen LogP contribution is 2.50. The highest BCUT2D eigenvalue weighted by atomic mass is 32.2. The van der Waals surface area contributed by atoms with E-state index in [1.165, 1.54) is 6.07 Å². The molecule has 3 unspecified atom stereocenters. The smallest absolute Gasteiger partial charge is 0.238 e. The van der Waals surface area contributed by atoms with Crippen molar-refractivity contribution in [2.24, 2.45) is 17.0 Å². The molecule has 2 aromatic carbocycles. The molecule has 6 nitrogen and oxygen atoms in total. The molecule has 3 N–H and O–H groups in total. The Morgan fingerprint density at radius 2 is 1.89 bits per heavy atom. The minimum atomic E-state index is -3.77. The zero-order valence-corrected chi connectivity index (χ0v) is 16.7. The van der Waals surface area contributed by atoms with Crippen LogP contribution in [0.3, 0.4) is 0 Å². The number of ketones is 1. The second kappa shape index (κ2) is 6.99. The normalized spacial score (nSPS) is 23.8. The number of carbonyl (C=O) groups excluding carboxylic acids is 1. The number of hydrogen-bond acceptors (Lipinski definition) is 5. The fraction of sp³-hybridized carbons (Fsp3) is 0.381. The lowest BCUT2D eigenvalue weighted by molar-refractivity contribution is 0.0827. The lowest BCUT2D eigenvalue weighted by Crippen LogP contribution is -2.29. The van der Waals surface area contributed by atoms with Crippen molar-refractivity contribution in [2.75, 3.05) is 11.9 Å². The van der Waals surface area contributed by atoms with Crippen LogP contribution in [0.1, 0.15) is 53.9 Å². The van der Waals surface area contributed by atoms with Crippen LogP contribution in [0.15, 0.2) is 47.4 Å². The summed E-state index contributed by atoms with van der Waals surface area (Å²) in [5.74, 6) is 0.271. The van der Waals surface area contributed by atoms with E-state index < -0.39 is 10.0 Å². The first kappa shape index (κ1) is 19.1. The number of nitrogens with two attached hydrogens (primary N) is 1. The number of benzene rings is 2. The van der Waals surface area contributed by atoms with Gasteiger partial charge in [0.05, 0.1) is 17.0 Å². The maximum atomic E-state index is 12.2. The van der Waals surface area contributed by atoms with E-state index in [4.69, 9.17) is 9.88 Å². The summed E-state index contributed by atoms with van der Waals surface area (Å²) < 4.78 is 29.4. The number of carbonyl (C=O) groups is 1. The Bertz CT molecular complexity index is 1020. The van der Waals surface area contributed by atoms with Gasteiger partial charge in [0.15, 0.2) is 5.78 Å². The largest absolute Gasteiger partial charge is 0.378 e. The number of Topliss-reactive ketones (excluding diaryl/α,β-unsaturated/α-hetero) is 1. The second-order valence-corrected chi connectivity index (χ2v) is 9.36. The first-order chi connectivity index (χ1) is 13.3. The predicted octanol–water partition coefficient (Wildman–Crippen LogP) is 3.42. The molecular formula is C21H24N2O4S. The predicted molar refractivity (Wildman–Crippen MR) is 107 cm³/mol. The van der Waals surface area contributed by atoms with E-state index in [-0.39, 0.29) is 34.7 Å². The molecule has 2 aromatic rings. The van der Waals surface area contributed by atoms with Gasteiger partial charge in [-0.2, -0.15) is 0 Å². The number of hydrogen-bond donors (Lipinski definition) is 2. The monoisotopic (exact) mass is 400 g/mol. The van der Waals surface area contributed by atoms with Gasteiger partial charge in [0.1, 0.15) is 0 Å². The quantitative estimate of drug-likeness (QED) is 0.766. The molecule has 2 heterocycles. The summed E-state index contributed by atoms with van der Waals surface area (Å²) in [4.78, 5) is 12.3. The molecule has 28 heavy (non-hydrogen) atoms. The molecule has 0 radical (unpaired) electrons. The van der Waals surface area contributed by atoms with Gasteiger partial charge in [-0.25, -0.2) is 13.6 Å². The third kappa shape index (κ3) is 3.34. The minimum Gasteiger partial charge on any atom is -0.378 e. The Hall–Kier alpha value is -2.22. The van der Waals surface area contributed by atoms with Crippen LogP contribution in [0.5, 0.6) is 0 Å². The summed E-state index contributed by atoms with van der Waals surface area (Å²) in [6, 6.07) is 12.6. The summed E-state index contributed by atoms with van der Waals surface area (Å²) in [6.45, 7) is 4.41. The first-order valence-electron chi connectivity index (χ1n) is 9.45. The van der Waals surface area contributed by atoms with Crippen LogP contribution in [0.25, 0.3) is 0 Å². The van der Waals surface area contributed by atoms with Crippen LogP contribution in [0, 0.1) is 11.8 Å². The van der Waals surface area contributed by atoms with E-state index in [2.05, 4.69) is 5.32 Å². The van der Waals surface area contributed by atoms with Crippen molar-refractivity contribution >= 4 is 21.5 Å². The van der Waals surface area contributed by atoms with Gasteiger partial charge < -0.3 is 10.1 Å². The maximum Gasteiger partial charge on any atom is 0.238 e. The lowest BCUT2D eigenvalue weighted by atomic mass is 9.81. The molecular weight excluding hydrogens is 376 g/mol. The molecule has 0 amide bonds. The Kier molecular flexibility index (Phi) is 4.77. The lowest BCUT2D eigenvalue weighted by Gasteiger charge is -2.36. The Labute approximate surface area is 165 Å². The van der Waals surface area contributed by atoms with E-state index in [0.717, 1.165) is 23.2 Å². The van der Waals surface area contributed by atoms with Gasteiger partial charge in [0.25, 0.3) is 0 Å². The third-order valence-corrected chi connectivity index (χ3v) is 6.52. The van der Waals surface area contributed by atoms with Gasteiger partial charge in [-0.3, -0.25) is 4.79 Å².